The van der Waals surface area contributed by atoms with E-state index in [1.807, 2.05) is 13.8 Å². The average Bonchev–Trinajstić information content (AvgIpc) is 2.42. The van der Waals surface area contributed by atoms with Crippen LogP contribution in [0.1, 0.15) is 47.4 Å². The number of nitrogens with one attached hydrogen (secondary N) is 1. The van der Waals surface area contributed by atoms with Gasteiger partial charge in [-0.1, -0.05) is 6.07 Å². The molecule has 0 aliphatic carbocycles. The molecule has 0 radical (unpaired) electrons. The zero-order valence-electron chi connectivity index (χ0n) is 11.9. The van der Waals surface area contributed by atoms with E-state index < -0.39 is 5.97 Å². The van der Waals surface area contributed by atoms with Crippen LogP contribution < -0.4 is 5.32 Å². The van der Waals surface area contributed by atoms with E-state index >= 15 is 0 Å². The monoisotopic (exact) mass is 279 g/mol. The standard InChI is InChI=1S/C15H21NO4/c1-11(2)20-9-4-3-8-16-14(17)12-6-5-7-13(10-12)15(18)19/h5-7,10-11H,3-4,8-9H2,1-2H3,(H,16,17)(H,18,19). The van der Waals surface area contributed by atoms with Crippen molar-refractivity contribution in [1.29, 1.82) is 0 Å². The Morgan fingerprint density at radius 3 is 2.60 bits per heavy atom. The maximum atomic E-state index is 11.8. The lowest BCUT2D eigenvalue weighted by Gasteiger charge is -2.08. The van der Waals surface area contributed by atoms with Crippen molar-refractivity contribution in [2.24, 2.45) is 0 Å². The number of carboxylic acids is 1. The molecule has 1 aromatic rings. The normalized spacial score (nSPS) is 10.6. The summed E-state index contributed by atoms with van der Waals surface area (Å²) in [6.07, 6.45) is 1.94. The highest BCUT2D eigenvalue weighted by Gasteiger charge is 2.08. The Hall–Kier alpha value is -1.88. The second kappa shape index (κ2) is 8.32. The van der Waals surface area contributed by atoms with Crippen molar-refractivity contribution in [2.45, 2.75) is 32.8 Å². The molecule has 0 unspecified atom stereocenters. The topological polar surface area (TPSA) is 75.6 Å². The Bertz CT molecular complexity index is 457. The molecule has 0 saturated heterocycles. The van der Waals surface area contributed by atoms with Gasteiger partial charge in [-0.3, -0.25) is 4.79 Å². The molecule has 110 valence electrons. The van der Waals surface area contributed by atoms with Crippen LogP contribution >= 0.6 is 0 Å². The Labute approximate surface area is 118 Å². The van der Waals surface area contributed by atoms with E-state index in [-0.39, 0.29) is 17.6 Å². The SMILES string of the molecule is CC(C)OCCCCNC(=O)c1cccc(C(=O)O)c1. The molecule has 0 bridgehead atoms. The number of hydrogen-bond donors (Lipinski definition) is 2. The summed E-state index contributed by atoms with van der Waals surface area (Å²) in [5, 5.41) is 11.6. The van der Waals surface area contributed by atoms with E-state index in [0.29, 0.717) is 18.7 Å². The third-order valence-electron chi connectivity index (χ3n) is 2.68. The first-order valence-electron chi connectivity index (χ1n) is 6.74. The zero-order chi connectivity index (χ0) is 15.0. The van der Waals surface area contributed by atoms with Gasteiger partial charge in [-0.25, -0.2) is 4.79 Å². The zero-order valence-corrected chi connectivity index (χ0v) is 11.9. The van der Waals surface area contributed by atoms with Gasteiger partial charge in [0.15, 0.2) is 0 Å². The van der Waals surface area contributed by atoms with Gasteiger partial charge in [-0.15, -0.1) is 0 Å². The van der Waals surface area contributed by atoms with Gasteiger partial charge in [0.1, 0.15) is 0 Å². The number of aromatic carboxylic acids is 1. The van der Waals surface area contributed by atoms with Gasteiger partial charge >= 0.3 is 5.97 Å². The van der Waals surface area contributed by atoms with Crippen molar-refractivity contribution in [3.63, 3.8) is 0 Å². The highest BCUT2D eigenvalue weighted by atomic mass is 16.5. The fourth-order valence-corrected chi connectivity index (χ4v) is 1.64. The molecule has 0 saturated carbocycles. The first-order valence-corrected chi connectivity index (χ1v) is 6.74. The molecule has 0 aliphatic rings. The van der Waals surface area contributed by atoms with Crippen LogP contribution in [0.2, 0.25) is 0 Å². The fraction of sp³-hybridized carbons (Fsp3) is 0.467. The Balaban J connectivity index is 2.32. The number of carbonyl (C=O) groups is 2. The smallest absolute Gasteiger partial charge is 0.335 e. The van der Waals surface area contributed by atoms with Crippen LogP contribution in [-0.2, 0) is 4.74 Å². The van der Waals surface area contributed by atoms with Crippen molar-refractivity contribution in [1.82, 2.24) is 5.32 Å². The van der Waals surface area contributed by atoms with Gasteiger partial charge in [-0.05, 0) is 44.9 Å². The summed E-state index contributed by atoms with van der Waals surface area (Å²) in [4.78, 5) is 22.6. The highest BCUT2D eigenvalue weighted by molar-refractivity contribution is 5.97. The average molecular weight is 279 g/mol. The van der Waals surface area contributed by atoms with Gasteiger partial charge in [0, 0.05) is 18.7 Å². The third kappa shape index (κ3) is 5.84. The van der Waals surface area contributed by atoms with Crippen molar-refractivity contribution >= 4 is 11.9 Å². The number of carboxylic acid groups (broad SMARTS) is 1. The van der Waals surface area contributed by atoms with E-state index in [0.717, 1.165) is 12.8 Å². The summed E-state index contributed by atoms with van der Waals surface area (Å²) >= 11 is 0. The first kappa shape index (κ1) is 16.2. The molecular formula is C15H21NO4. The molecule has 1 aromatic carbocycles. The van der Waals surface area contributed by atoms with Gasteiger partial charge in [0.05, 0.1) is 11.7 Å². The summed E-state index contributed by atoms with van der Waals surface area (Å²) in [5.41, 5.74) is 0.478. The molecule has 5 nitrogen and oxygen atoms in total. The molecule has 5 heteroatoms. The minimum Gasteiger partial charge on any atom is -0.478 e. The summed E-state index contributed by atoms with van der Waals surface area (Å²) in [6, 6.07) is 6.00. The van der Waals surface area contributed by atoms with Gasteiger partial charge in [0.25, 0.3) is 5.91 Å². The summed E-state index contributed by atoms with van der Waals surface area (Å²) < 4.78 is 5.40. The van der Waals surface area contributed by atoms with Crippen molar-refractivity contribution in [3.8, 4) is 0 Å². The molecule has 0 heterocycles. The predicted octanol–water partition coefficient (Wildman–Crippen LogP) is 2.32. The second-order valence-corrected chi connectivity index (χ2v) is 4.77. The molecule has 0 atom stereocenters. The van der Waals surface area contributed by atoms with Gasteiger partial charge in [-0.2, -0.15) is 0 Å². The van der Waals surface area contributed by atoms with E-state index in [4.69, 9.17) is 9.84 Å². The van der Waals surface area contributed by atoms with Crippen LogP contribution in [0.5, 0.6) is 0 Å². The maximum absolute atomic E-state index is 11.8. The Morgan fingerprint density at radius 1 is 1.25 bits per heavy atom. The van der Waals surface area contributed by atoms with Crippen molar-refractivity contribution in [2.75, 3.05) is 13.2 Å². The quantitative estimate of drug-likeness (QED) is 0.716. The van der Waals surface area contributed by atoms with E-state index in [1.54, 1.807) is 12.1 Å². The van der Waals surface area contributed by atoms with Crippen LogP contribution in [0.15, 0.2) is 24.3 Å². The maximum Gasteiger partial charge on any atom is 0.335 e. The Kier molecular flexibility index (Phi) is 6.73. The number of ether oxygens (including phenoxy) is 1. The summed E-state index contributed by atoms with van der Waals surface area (Å²) in [7, 11) is 0. The number of hydrogen-bond acceptors (Lipinski definition) is 3. The number of benzene rings is 1. The summed E-state index contributed by atoms with van der Waals surface area (Å²) in [5.74, 6) is -1.29. The van der Waals surface area contributed by atoms with Gasteiger partial charge < -0.3 is 15.2 Å². The van der Waals surface area contributed by atoms with Crippen molar-refractivity contribution < 1.29 is 19.4 Å². The molecule has 0 fully saturated rings. The van der Waals surface area contributed by atoms with Gasteiger partial charge in [0.2, 0.25) is 0 Å². The molecule has 0 aromatic heterocycles. The van der Waals surface area contributed by atoms with E-state index in [1.165, 1.54) is 12.1 Å². The minimum absolute atomic E-state index is 0.114. The fourth-order valence-electron chi connectivity index (χ4n) is 1.64. The lowest BCUT2D eigenvalue weighted by molar-refractivity contribution is 0.0696. The molecule has 2 N–H and O–H groups in total. The molecule has 0 aliphatic heterocycles. The highest BCUT2D eigenvalue weighted by Crippen LogP contribution is 2.05. The first-order chi connectivity index (χ1) is 9.50. The van der Waals surface area contributed by atoms with Crippen LogP contribution in [0.25, 0.3) is 0 Å². The largest absolute Gasteiger partial charge is 0.478 e. The molecule has 20 heavy (non-hydrogen) atoms. The predicted molar refractivity (Wildman–Crippen MR) is 76.1 cm³/mol. The second-order valence-electron chi connectivity index (χ2n) is 4.77. The van der Waals surface area contributed by atoms with E-state index in [9.17, 15) is 9.59 Å². The number of amides is 1. The number of carbonyl (C=O) groups excluding carboxylic acids is 1. The number of rotatable bonds is 8. The lowest BCUT2D eigenvalue weighted by atomic mass is 10.1. The van der Waals surface area contributed by atoms with Crippen LogP contribution in [-0.4, -0.2) is 36.2 Å². The minimum atomic E-state index is -1.04. The molecular weight excluding hydrogens is 258 g/mol. The molecule has 1 amide bonds. The summed E-state index contributed by atoms with van der Waals surface area (Å²) in [6.45, 7) is 5.20. The van der Waals surface area contributed by atoms with E-state index in [2.05, 4.69) is 5.32 Å². The molecule has 1 rings (SSSR count). The van der Waals surface area contributed by atoms with Crippen LogP contribution in [0.4, 0.5) is 0 Å². The number of unbranched alkanes of at least 4 members (excludes halogenated alkanes) is 1. The van der Waals surface area contributed by atoms with Crippen LogP contribution in [0.3, 0.4) is 0 Å². The Morgan fingerprint density at radius 2 is 1.95 bits per heavy atom. The molecule has 0 spiro atoms. The van der Waals surface area contributed by atoms with Crippen molar-refractivity contribution in [3.05, 3.63) is 35.4 Å². The third-order valence-corrected chi connectivity index (χ3v) is 2.68. The lowest BCUT2D eigenvalue weighted by Crippen LogP contribution is -2.25. The van der Waals surface area contributed by atoms with Crippen LogP contribution in [0, 0.1) is 0 Å².